The van der Waals surface area contributed by atoms with Gasteiger partial charge in [0.1, 0.15) is 11.9 Å². The minimum absolute atomic E-state index is 0.0469. The van der Waals surface area contributed by atoms with Gasteiger partial charge in [0.15, 0.2) is 5.69 Å². The number of halogens is 5. The molecule has 0 bridgehead atoms. The first-order valence-corrected chi connectivity index (χ1v) is 6.45. The van der Waals surface area contributed by atoms with Crippen molar-refractivity contribution in [3.8, 4) is 0 Å². The number of hydrogen-bond acceptors (Lipinski definition) is 3. The Hall–Kier alpha value is -1.90. The Kier molecular flexibility index (Phi) is 3.28. The molecule has 22 heavy (non-hydrogen) atoms. The zero-order valence-corrected chi connectivity index (χ0v) is 11.1. The van der Waals surface area contributed by atoms with E-state index in [0.717, 1.165) is 4.68 Å². The molecule has 0 spiro atoms. The van der Waals surface area contributed by atoms with E-state index in [1.165, 1.54) is 6.26 Å². The highest BCUT2D eigenvalue weighted by Gasteiger charge is 2.54. The lowest BCUT2D eigenvalue weighted by molar-refractivity contribution is -0.146. The maximum atomic E-state index is 13.5. The van der Waals surface area contributed by atoms with E-state index in [-0.39, 0.29) is 18.7 Å². The number of aromatic nitrogens is 2. The van der Waals surface area contributed by atoms with Gasteiger partial charge in [0.05, 0.1) is 18.4 Å². The molecule has 1 aliphatic carbocycles. The molecule has 1 atom stereocenters. The van der Waals surface area contributed by atoms with E-state index in [2.05, 4.69) is 5.10 Å². The van der Waals surface area contributed by atoms with Crippen molar-refractivity contribution in [2.75, 3.05) is 0 Å². The zero-order valence-electron chi connectivity index (χ0n) is 11.1. The van der Waals surface area contributed by atoms with Crippen molar-refractivity contribution < 1.29 is 31.5 Å². The fourth-order valence-electron chi connectivity index (χ4n) is 2.58. The molecule has 2 aromatic heterocycles. The van der Waals surface area contributed by atoms with Gasteiger partial charge in [0.25, 0.3) is 5.92 Å². The fraction of sp³-hybridized carbons (Fsp3) is 0.462. The summed E-state index contributed by atoms with van der Waals surface area (Å²) in [6, 6.07) is 3.24. The van der Waals surface area contributed by atoms with Crippen LogP contribution in [-0.2, 0) is 25.6 Å². The summed E-state index contributed by atoms with van der Waals surface area (Å²) in [5.41, 5.74) is -2.56. The van der Waals surface area contributed by atoms with E-state index in [1.807, 2.05) is 0 Å². The Morgan fingerprint density at radius 1 is 1.41 bits per heavy atom. The molecule has 2 heterocycles. The molecule has 0 radical (unpaired) electrons. The van der Waals surface area contributed by atoms with Crippen molar-refractivity contribution >= 4 is 0 Å². The molecule has 0 unspecified atom stereocenters. The summed E-state index contributed by atoms with van der Waals surface area (Å²) in [7, 11) is 0. The first kappa shape index (κ1) is 15.0. The van der Waals surface area contributed by atoms with Crippen LogP contribution in [-0.4, -0.2) is 20.8 Å². The average molecular weight is 322 g/mol. The Bertz CT molecular complexity index is 675. The number of aliphatic hydroxyl groups is 1. The van der Waals surface area contributed by atoms with Crippen LogP contribution in [0.15, 0.2) is 22.8 Å². The van der Waals surface area contributed by atoms with Gasteiger partial charge in [-0.1, -0.05) is 0 Å². The van der Waals surface area contributed by atoms with Crippen LogP contribution in [0.5, 0.6) is 0 Å². The predicted octanol–water partition coefficient (Wildman–Crippen LogP) is 2.96. The highest BCUT2D eigenvalue weighted by atomic mass is 19.4. The van der Waals surface area contributed by atoms with Crippen molar-refractivity contribution in [1.29, 1.82) is 0 Å². The van der Waals surface area contributed by atoms with Crippen LogP contribution in [0.3, 0.4) is 0 Å². The van der Waals surface area contributed by atoms with Crippen LogP contribution < -0.4 is 0 Å². The van der Waals surface area contributed by atoms with Crippen molar-refractivity contribution in [3.63, 3.8) is 0 Å². The van der Waals surface area contributed by atoms with E-state index in [0.29, 0.717) is 5.76 Å². The lowest BCUT2D eigenvalue weighted by Crippen LogP contribution is -2.25. The molecule has 0 aromatic carbocycles. The minimum atomic E-state index is -4.90. The fourth-order valence-corrected chi connectivity index (χ4v) is 2.58. The van der Waals surface area contributed by atoms with Gasteiger partial charge in [-0.25, -0.2) is 8.78 Å². The minimum Gasteiger partial charge on any atom is -0.469 e. The second-order valence-corrected chi connectivity index (χ2v) is 5.10. The lowest BCUT2D eigenvalue weighted by atomic mass is 10.1. The molecule has 4 nitrogen and oxygen atoms in total. The molecule has 1 N–H and O–H groups in total. The monoisotopic (exact) mass is 322 g/mol. The van der Waals surface area contributed by atoms with Gasteiger partial charge >= 0.3 is 6.18 Å². The maximum Gasteiger partial charge on any atom is 0.435 e. The molecule has 0 amide bonds. The molecule has 1 aliphatic rings. The smallest absolute Gasteiger partial charge is 0.435 e. The summed E-state index contributed by atoms with van der Waals surface area (Å²) in [5, 5.41) is 12.9. The molecule has 2 aromatic rings. The molecule has 0 saturated carbocycles. The molecule has 9 heteroatoms. The Morgan fingerprint density at radius 3 is 2.73 bits per heavy atom. The normalized spacial score (nSPS) is 20.4. The lowest BCUT2D eigenvalue weighted by Gasteiger charge is -2.15. The highest BCUT2D eigenvalue weighted by molar-refractivity contribution is 5.38. The second kappa shape index (κ2) is 4.80. The number of nitrogens with zero attached hydrogens (tertiary/aromatic N) is 2. The predicted molar refractivity (Wildman–Crippen MR) is 63.3 cm³/mol. The van der Waals surface area contributed by atoms with Crippen LogP contribution in [0, 0.1) is 0 Å². The molecule has 0 aliphatic heterocycles. The van der Waals surface area contributed by atoms with E-state index in [4.69, 9.17) is 4.42 Å². The van der Waals surface area contributed by atoms with Crippen LogP contribution in [0.4, 0.5) is 22.0 Å². The zero-order chi connectivity index (χ0) is 16.1. The summed E-state index contributed by atoms with van der Waals surface area (Å²) in [5.74, 6) is -3.12. The summed E-state index contributed by atoms with van der Waals surface area (Å²) in [6.45, 7) is -0.0469. The third kappa shape index (κ3) is 2.39. The number of rotatable bonds is 3. The Balaban J connectivity index is 1.97. The number of aliphatic hydroxyl groups excluding tert-OH is 1. The van der Waals surface area contributed by atoms with Crippen LogP contribution >= 0.6 is 0 Å². The van der Waals surface area contributed by atoms with Crippen molar-refractivity contribution in [3.05, 3.63) is 41.1 Å². The quantitative estimate of drug-likeness (QED) is 0.884. The van der Waals surface area contributed by atoms with Crippen molar-refractivity contribution in [1.82, 2.24) is 9.78 Å². The first-order chi connectivity index (χ1) is 10.2. The van der Waals surface area contributed by atoms with E-state index in [9.17, 15) is 27.1 Å². The van der Waals surface area contributed by atoms with Crippen LogP contribution in [0.2, 0.25) is 0 Å². The highest BCUT2D eigenvalue weighted by Crippen LogP contribution is 2.48. The summed E-state index contributed by atoms with van der Waals surface area (Å²) in [6.07, 6.45) is -6.75. The molecule has 0 saturated heterocycles. The van der Waals surface area contributed by atoms with Crippen LogP contribution in [0.1, 0.15) is 28.8 Å². The van der Waals surface area contributed by atoms with E-state index in [1.54, 1.807) is 12.1 Å². The first-order valence-electron chi connectivity index (χ1n) is 6.45. The standard InChI is InChI=1S/C13H11F5N2O2/c14-12(15)6-8-9(11(12)21)10(13(16,17)18)19-20(8)4-3-7-2-1-5-22-7/h1-2,5,11,21H,3-4,6H2/t11-/m0/s1. The molecular formula is C13H11F5N2O2. The summed E-state index contributed by atoms with van der Waals surface area (Å²) in [4.78, 5) is 0. The Morgan fingerprint density at radius 2 is 2.14 bits per heavy atom. The SMILES string of the molecule is O[C@H]1c2c(C(F)(F)F)nn(CCc3ccco3)c2CC1(F)F. The van der Waals surface area contributed by atoms with Gasteiger partial charge in [-0.05, 0) is 12.1 Å². The van der Waals surface area contributed by atoms with Gasteiger partial charge in [0.2, 0.25) is 0 Å². The summed E-state index contributed by atoms with van der Waals surface area (Å²) >= 11 is 0. The molecule has 120 valence electrons. The van der Waals surface area contributed by atoms with Gasteiger partial charge in [0, 0.05) is 18.5 Å². The molecular weight excluding hydrogens is 311 g/mol. The second-order valence-electron chi connectivity index (χ2n) is 5.10. The number of aryl methyl sites for hydroxylation is 2. The Labute approximate surface area is 121 Å². The maximum absolute atomic E-state index is 13.5. The number of fused-ring (bicyclic) bond motifs is 1. The third-order valence-corrected chi connectivity index (χ3v) is 3.59. The number of alkyl halides is 5. The van der Waals surface area contributed by atoms with Gasteiger partial charge in [-0.2, -0.15) is 18.3 Å². The third-order valence-electron chi connectivity index (χ3n) is 3.59. The van der Waals surface area contributed by atoms with Crippen molar-refractivity contribution in [2.45, 2.75) is 37.6 Å². The van der Waals surface area contributed by atoms with E-state index >= 15 is 0 Å². The molecule has 0 fully saturated rings. The van der Waals surface area contributed by atoms with Gasteiger partial charge in [-0.3, -0.25) is 4.68 Å². The van der Waals surface area contributed by atoms with Crippen LogP contribution in [0.25, 0.3) is 0 Å². The largest absolute Gasteiger partial charge is 0.469 e. The van der Waals surface area contributed by atoms with Crippen molar-refractivity contribution in [2.24, 2.45) is 0 Å². The van der Waals surface area contributed by atoms with Gasteiger partial charge < -0.3 is 9.52 Å². The summed E-state index contributed by atoms with van der Waals surface area (Å²) < 4.78 is 71.9. The van der Waals surface area contributed by atoms with E-state index < -0.39 is 35.9 Å². The van der Waals surface area contributed by atoms with Gasteiger partial charge in [-0.15, -0.1) is 0 Å². The molecule has 3 rings (SSSR count). The number of hydrogen-bond donors (Lipinski definition) is 1. The average Bonchev–Trinajstić information content (AvgIpc) is 3.06. The number of furan rings is 1. The topological polar surface area (TPSA) is 51.2 Å².